The summed E-state index contributed by atoms with van der Waals surface area (Å²) in [7, 11) is 1.31. The zero-order valence-electron chi connectivity index (χ0n) is 10.8. The van der Waals surface area contributed by atoms with E-state index < -0.39 is 12.3 Å². The molecule has 6 heteroatoms. The lowest BCUT2D eigenvalue weighted by molar-refractivity contribution is 0.134. The molecule has 1 aromatic carbocycles. The molecule has 0 aliphatic heterocycles. The van der Waals surface area contributed by atoms with Crippen LogP contribution in [0, 0.1) is 0 Å². The highest BCUT2D eigenvalue weighted by atomic mass is 35.5. The minimum absolute atomic E-state index is 0.0944. The molecule has 2 atom stereocenters. The number of oxime groups is 1. The summed E-state index contributed by atoms with van der Waals surface area (Å²) in [5, 5.41) is 13.3. The fourth-order valence-electron chi connectivity index (χ4n) is 1.40. The quantitative estimate of drug-likeness (QED) is 0.498. The van der Waals surface area contributed by atoms with Crippen molar-refractivity contribution in [3.05, 3.63) is 34.9 Å². The molecule has 0 fully saturated rings. The Morgan fingerprint density at radius 3 is 2.58 bits per heavy atom. The molecular weight excluding hydrogens is 273 g/mol. The molecule has 0 aliphatic rings. The summed E-state index contributed by atoms with van der Waals surface area (Å²) < 4.78 is 19.0. The zero-order chi connectivity index (χ0) is 14.3. The normalized spacial score (nSPS) is 14.9. The summed E-state index contributed by atoms with van der Waals surface area (Å²) in [6.45, 7) is 1.65. The van der Waals surface area contributed by atoms with Crippen LogP contribution in [0.5, 0.6) is 0 Å². The molecule has 2 unspecified atom stereocenters. The summed E-state index contributed by atoms with van der Waals surface area (Å²) in [5.74, 6) is -0.182. The van der Waals surface area contributed by atoms with Crippen molar-refractivity contribution in [2.24, 2.45) is 5.16 Å². The lowest BCUT2D eigenvalue weighted by Gasteiger charge is -2.13. The second kappa shape index (κ2) is 7.96. The van der Waals surface area contributed by atoms with Crippen LogP contribution >= 0.6 is 11.6 Å². The van der Waals surface area contributed by atoms with Gasteiger partial charge in [-0.25, -0.2) is 4.39 Å². The van der Waals surface area contributed by atoms with Gasteiger partial charge in [-0.3, -0.25) is 0 Å². The number of aliphatic hydroxyl groups is 1. The van der Waals surface area contributed by atoms with Crippen molar-refractivity contribution in [2.75, 3.05) is 7.11 Å². The third-order valence-electron chi connectivity index (χ3n) is 2.30. The standard InChI is InChI=1S/C13H17ClFNO3/c1-9(17)7-12(15)13(16-18-2)19-8-10-3-5-11(14)6-4-10/h3-6,9,12,17H,7-8H2,1-2H3. The highest BCUT2D eigenvalue weighted by molar-refractivity contribution is 6.30. The van der Waals surface area contributed by atoms with Crippen molar-refractivity contribution in [1.29, 1.82) is 0 Å². The molecule has 1 N–H and O–H groups in total. The van der Waals surface area contributed by atoms with Gasteiger partial charge in [-0.15, -0.1) is 0 Å². The van der Waals surface area contributed by atoms with Crippen LogP contribution < -0.4 is 0 Å². The third kappa shape index (κ3) is 5.89. The minimum atomic E-state index is -1.51. The van der Waals surface area contributed by atoms with Gasteiger partial charge < -0.3 is 14.7 Å². The maximum absolute atomic E-state index is 13.8. The van der Waals surface area contributed by atoms with Crippen LogP contribution in [0.15, 0.2) is 29.4 Å². The van der Waals surface area contributed by atoms with Crippen molar-refractivity contribution in [2.45, 2.75) is 32.2 Å². The molecule has 0 amide bonds. The molecule has 0 bridgehead atoms. The molecule has 0 aliphatic carbocycles. The van der Waals surface area contributed by atoms with Crippen molar-refractivity contribution in [1.82, 2.24) is 0 Å². The Labute approximate surface area is 116 Å². The number of ether oxygens (including phenoxy) is 1. The number of hydrogen-bond donors (Lipinski definition) is 1. The van der Waals surface area contributed by atoms with Crippen LogP contribution in [0.25, 0.3) is 0 Å². The van der Waals surface area contributed by atoms with Crippen LogP contribution in [0.1, 0.15) is 18.9 Å². The Balaban J connectivity index is 2.59. The van der Waals surface area contributed by atoms with Gasteiger partial charge in [0.05, 0.1) is 6.10 Å². The van der Waals surface area contributed by atoms with Crippen LogP contribution in [-0.2, 0) is 16.2 Å². The first-order chi connectivity index (χ1) is 9.02. The molecule has 106 valence electrons. The van der Waals surface area contributed by atoms with E-state index in [1.807, 2.05) is 0 Å². The van der Waals surface area contributed by atoms with E-state index in [4.69, 9.17) is 21.4 Å². The zero-order valence-corrected chi connectivity index (χ0v) is 11.6. The molecule has 0 aromatic heterocycles. The first-order valence-corrected chi connectivity index (χ1v) is 6.21. The molecule has 0 saturated heterocycles. The van der Waals surface area contributed by atoms with E-state index in [-0.39, 0.29) is 18.9 Å². The minimum Gasteiger partial charge on any atom is -0.472 e. The summed E-state index contributed by atoms with van der Waals surface area (Å²) in [6, 6.07) is 6.98. The first-order valence-electron chi connectivity index (χ1n) is 5.83. The number of halogens is 2. The Hall–Kier alpha value is -1.33. The maximum atomic E-state index is 13.8. The number of benzene rings is 1. The Morgan fingerprint density at radius 2 is 2.05 bits per heavy atom. The monoisotopic (exact) mass is 289 g/mol. The average molecular weight is 290 g/mol. The smallest absolute Gasteiger partial charge is 0.261 e. The van der Waals surface area contributed by atoms with Crippen molar-refractivity contribution < 1.29 is 19.1 Å². The molecule has 19 heavy (non-hydrogen) atoms. The number of nitrogens with zero attached hydrogens (tertiary/aromatic N) is 1. The summed E-state index contributed by atoms with van der Waals surface area (Å²) in [4.78, 5) is 4.53. The highest BCUT2D eigenvalue weighted by Gasteiger charge is 2.20. The van der Waals surface area contributed by atoms with Gasteiger partial charge in [0.2, 0.25) is 0 Å². The Morgan fingerprint density at radius 1 is 1.42 bits per heavy atom. The third-order valence-corrected chi connectivity index (χ3v) is 2.55. The predicted molar refractivity (Wildman–Crippen MR) is 71.9 cm³/mol. The summed E-state index contributed by atoms with van der Waals surface area (Å²) >= 11 is 5.76. The molecule has 0 radical (unpaired) electrons. The van der Waals surface area contributed by atoms with Crippen molar-refractivity contribution in [3.8, 4) is 0 Å². The molecular formula is C13H17ClFNO3. The molecule has 1 aromatic rings. The predicted octanol–water partition coefficient (Wildman–Crippen LogP) is 2.93. The van der Waals surface area contributed by atoms with E-state index in [2.05, 4.69) is 9.99 Å². The van der Waals surface area contributed by atoms with Crippen molar-refractivity contribution >= 4 is 17.5 Å². The number of alkyl halides is 1. The van der Waals surface area contributed by atoms with E-state index in [0.717, 1.165) is 5.56 Å². The number of rotatable bonds is 6. The van der Waals surface area contributed by atoms with Gasteiger partial charge in [-0.2, -0.15) is 0 Å². The van der Waals surface area contributed by atoms with Crippen molar-refractivity contribution in [3.63, 3.8) is 0 Å². The fraction of sp³-hybridized carbons (Fsp3) is 0.462. The second-order valence-corrected chi connectivity index (χ2v) is 4.52. The highest BCUT2D eigenvalue weighted by Crippen LogP contribution is 2.12. The molecule has 1 rings (SSSR count). The van der Waals surface area contributed by atoms with Gasteiger partial charge in [0.15, 0.2) is 6.17 Å². The topological polar surface area (TPSA) is 51.0 Å². The molecule has 4 nitrogen and oxygen atoms in total. The van der Waals surface area contributed by atoms with E-state index in [0.29, 0.717) is 5.02 Å². The average Bonchev–Trinajstić information content (AvgIpc) is 2.35. The van der Waals surface area contributed by atoms with Gasteiger partial charge in [-0.05, 0) is 29.8 Å². The maximum Gasteiger partial charge on any atom is 0.261 e. The van der Waals surface area contributed by atoms with E-state index >= 15 is 0 Å². The van der Waals surface area contributed by atoms with Crippen LogP contribution in [-0.4, -0.2) is 30.4 Å². The van der Waals surface area contributed by atoms with Gasteiger partial charge in [-0.1, -0.05) is 23.7 Å². The summed E-state index contributed by atoms with van der Waals surface area (Å²) in [6.07, 6.45) is -2.38. The Bertz CT molecular complexity index is 409. The molecule has 0 heterocycles. The van der Waals surface area contributed by atoms with Gasteiger partial charge >= 0.3 is 0 Å². The summed E-state index contributed by atoms with van der Waals surface area (Å²) in [5.41, 5.74) is 0.831. The largest absolute Gasteiger partial charge is 0.472 e. The van der Waals surface area contributed by atoms with Gasteiger partial charge in [0, 0.05) is 11.4 Å². The second-order valence-electron chi connectivity index (χ2n) is 4.08. The fourth-order valence-corrected chi connectivity index (χ4v) is 1.53. The Kier molecular flexibility index (Phi) is 6.59. The number of hydrogen-bond acceptors (Lipinski definition) is 4. The van der Waals surface area contributed by atoms with E-state index in [1.165, 1.54) is 14.0 Å². The van der Waals surface area contributed by atoms with E-state index in [1.54, 1.807) is 24.3 Å². The first kappa shape index (κ1) is 15.7. The lowest BCUT2D eigenvalue weighted by atomic mass is 10.2. The van der Waals surface area contributed by atoms with Crippen LogP contribution in [0.2, 0.25) is 5.02 Å². The van der Waals surface area contributed by atoms with Gasteiger partial charge in [0.1, 0.15) is 13.7 Å². The number of aliphatic hydroxyl groups excluding tert-OH is 1. The SMILES string of the molecule is CON=C(OCc1ccc(Cl)cc1)C(F)CC(C)O. The van der Waals surface area contributed by atoms with E-state index in [9.17, 15) is 4.39 Å². The molecule has 0 spiro atoms. The van der Waals surface area contributed by atoms with Crippen LogP contribution in [0.4, 0.5) is 4.39 Å². The van der Waals surface area contributed by atoms with Gasteiger partial charge in [0.25, 0.3) is 5.90 Å². The van der Waals surface area contributed by atoms with Crippen LogP contribution in [0.3, 0.4) is 0 Å². The molecule has 0 saturated carbocycles. The lowest BCUT2D eigenvalue weighted by Crippen LogP contribution is -2.23.